The number of carbonyl (C=O) groups is 2. The van der Waals surface area contributed by atoms with Gasteiger partial charge in [-0.05, 0) is 41.5 Å². The van der Waals surface area contributed by atoms with Crippen molar-refractivity contribution in [3.05, 3.63) is 71.4 Å². The minimum atomic E-state index is -0.689. The lowest BCUT2D eigenvalue weighted by Crippen LogP contribution is -2.63. The molecule has 4 rings (SSSR count). The molecule has 1 N–H and O–H groups in total. The normalized spacial score (nSPS) is 20.0. The van der Waals surface area contributed by atoms with E-state index in [1.807, 2.05) is 0 Å². The summed E-state index contributed by atoms with van der Waals surface area (Å²) in [5, 5.41) is 0.697. The quantitative estimate of drug-likeness (QED) is 0.736. The molecule has 150 valence electrons. The summed E-state index contributed by atoms with van der Waals surface area (Å²) in [6.45, 7) is 0. The van der Waals surface area contributed by atoms with Gasteiger partial charge in [0.25, 0.3) is 0 Å². The Morgan fingerprint density at radius 3 is 2.24 bits per heavy atom. The number of carbonyl (C=O) groups excluding carboxylic acids is 2. The number of piperazine rings is 1. The van der Waals surface area contributed by atoms with Gasteiger partial charge < -0.3 is 14.8 Å². The van der Waals surface area contributed by atoms with E-state index in [0.717, 1.165) is 11.1 Å². The Morgan fingerprint density at radius 1 is 0.897 bits per heavy atom. The molecule has 1 aromatic heterocycles. The van der Waals surface area contributed by atoms with Gasteiger partial charge in [0.2, 0.25) is 11.8 Å². The van der Waals surface area contributed by atoms with Gasteiger partial charge in [-0.3, -0.25) is 9.59 Å². The molecular formula is C22H21F2N3O2. The first-order valence-electron chi connectivity index (χ1n) is 9.38. The number of halogens is 2. The van der Waals surface area contributed by atoms with Crippen molar-refractivity contribution < 1.29 is 18.4 Å². The molecule has 1 saturated heterocycles. The number of hydrogen-bond donors (Lipinski definition) is 1. The molecule has 2 amide bonds. The first-order valence-corrected chi connectivity index (χ1v) is 9.38. The van der Waals surface area contributed by atoms with Crippen LogP contribution in [0.4, 0.5) is 8.78 Å². The van der Waals surface area contributed by atoms with Gasteiger partial charge in [-0.25, -0.2) is 8.78 Å². The van der Waals surface area contributed by atoms with Crippen LogP contribution < -0.4 is 0 Å². The highest BCUT2D eigenvalue weighted by molar-refractivity contribution is 5.97. The van der Waals surface area contributed by atoms with E-state index >= 15 is 0 Å². The van der Waals surface area contributed by atoms with Gasteiger partial charge in [0.05, 0.1) is 0 Å². The zero-order chi connectivity index (χ0) is 20.7. The first kappa shape index (κ1) is 19.1. The molecule has 2 heterocycles. The van der Waals surface area contributed by atoms with Crippen LogP contribution in [0.2, 0.25) is 0 Å². The SMILES string of the molecule is CN1C(=O)[C@H](Cc2c[nH]c3ccc(F)cc23)N(C)C(=O)[C@@H]1Cc1cccc(F)c1. The third-order valence-electron chi connectivity index (χ3n) is 5.66. The third kappa shape index (κ3) is 3.48. The number of hydrogen-bond acceptors (Lipinski definition) is 2. The average molecular weight is 397 g/mol. The number of amides is 2. The molecule has 7 heteroatoms. The largest absolute Gasteiger partial charge is 0.361 e. The summed E-state index contributed by atoms with van der Waals surface area (Å²) in [5.41, 5.74) is 2.20. The van der Waals surface area contributed by atoms with Crippen LogP contribution in [0.3, 0.4) is 0 Å². The van der Waals surface area contributed by atoms with Crippen molar-refractivity contribution in [3.63, 3.8) is 0 Å². The van der Waals surface area contributed by atoms with Crippen molar-refractivity contribution in [2.24, 2.45) is 0 Å². The smallest absolute Gasteiger partial charge is 0.246 e. The first-order chi connectivity index (χ1) is 13.8. The molecule has 1 aliphatic rings. The average Bonchev–Trinajstić information content (AvgIpc) is 3.09. The molecule has 2 aromatic carbocycles. The molecular weight excluding hydrogens is 376 g/mol. The number of aromatic nitrogens is 1. The Bertz CT molecular complexity index is 1090. The van der Waals surface area contributed by atoms with Gasteiger partial charge in [-0.1, -0.05) is 12.1 Å². The summed E-state index contributed by atoms with van der Waals surface area (Å²) in [4.78, 5) is 32.0. The number of benzene rings is 2. The van der Waals surface area contributed by atoms with Crippen LogP contribution in [0.15, 0.2) is 48.7 Å². The summed E-state index contributed by atoms with van der Waals surface area (Å²) in [6, 6.07) is 9.10. The summed E-state index contributed by atoms with van der Waals surface area (Å²) in [6.07, 6.45) is 2.27. The van der Waals surface area contributed by atoms with Crippen molar-refractivity contribution in [1.82, 2.24) is 14.8 Å². The van der Waals surface area contributed by atoms with Crippen molar-refractivity contribution in [2.45, 2.75) is 24.9 Å². The van der Waals surface area contributed by atoms with Crippen molar-refractivity contribution in [3.8, 4) is 0 Å². The van der Waals surface area contributed by atoms with E-state index in [4.69, 9.17) is 0 Å². The maximum absolute atomic E-state index is 13.7. The lowest BCUT2D eigenvalue weighted by molar-refractivity contribution is -0.158. The molecule has 29 heavy (non-hydrogen) atoms. The number of nitrogens with zero attached hydrogens (tertiary/aromatic N) is 2. The fourth-order valence-electron chi connectivity index (χ4n) is 3.97. The van der Waals surface area contributed by atoms with Gasteiger partial charge in [0, 0.05) is 44.0 Å². The molecule has 3 aromatic rings. The molecule has 0 radical (unpaired) electrons. The fourth-order valence-corrected chi connectivity index (χ4v) is 3.97. The third-order valence-corrected chi connectivity index (χ3v) is 5.66. The number of fused-ring (bicyclic) bond motifs is 1. The van der Waals surface area contributed by atoms with Crippen LogP contribution in [0.1, 0.15) is 11.1 Å². The number of nitrogens with one attached hydrogen (secondary N) is 1. The molecule has 0 bridgehead atoms. The maximum Gasteiger partial charge on any atom is 0.246 e. The van der Waals surface area contributed by atoms with Gasteiger partial charge in [0.1, 0.15) is 23.7 Å². The van der Waals surface area contributed by atoms with Crippen LogP contribution in [0.5, 0.6) is 0 Å². The summed E-state index contributed by atoms with van der Waals surface area (Å²) in [7, 11) is 3.20. The van der Waals surface area contributed by atoms with E-state index in [-0.39, 0.29) is 36.3 Å². The maximum atomic E-state index is 13.7. The monoisotopic (exact) mass is 397 g/mol. The van der Waals surface area contributed by atoms with E-state index in [9.17, 15) is 18.4 Å². The lowest BCUT2D eigenvalue weighted by atomic mass is 9.95. The van der Waals surface area contributed by atoms with E-state index in [1.54, 1.807) is 38.5 Å². The van der Waals surface area contributed by atoms with Crippen molar-refractivity contribution in [1.29, 1.82) is 0 Å². The van der Waals surface area contributed by atoms with E-state index in [0.29, 0.717) is 10.9 Å². The Kier molecular flexibility index (Phi) is 4.82. The molecule has 0 aliphatic carbocycles. The molecule has 2 atom stereocenters. The van der Waals surface area contributed by atoms with E-state index in [1.165, 1.54) is 34.1 Å². The molecule has 1 aliphatic heterocycles. The van der Waals surface area contributed by atoms with Crippen LogP contribution in [-0.2, 0) is 22.4 Å². The highest BCUT2D eigenvalue weighted by Gasteiger charge is 2.42. The Hall–Kier alpha value is -3.22. The lowest BCUT2D eigenvalue weighted by Gasteiger charge is -2.42. The fraction of sp³-hybridized carbons (Fsp3) is 0.273. The van der Waals surface area contributed by atoms with Gasteiger partial charge >= 0.3 is 0 Å². The standard InChI is InChI=1S/C22H21F2N3O2/c1-26-19(9-13-4-3-5-15(23)8-13)21(28)27(2)20(22(26)29)10-14-12-25-18-7-6-16(24)11-17(14)18/h3-8,11-12,19-20,25H,9-10H2,1-2H3/t19-,20-/m0/s1. The minimum Gasteiger partial charge on any atom is -0.361 e. The van der Waals surface area contributed by atoms with E-state index in [2.05, 4.69) is 4.98 Å². The zero-order valence-corrected chi connectivity index (χ0v) is 16.2. The topological polar surface area (TPSA) is 56.4 Å². The highest BCUT2D eigenvalue weighted by atomic mass is 19.1. The minimum absolute atomic E-state index is 0.195. The van der Waals surface area contributed by atoms with Crippen LogP contribution in [-0.4, -0.2) is 52.8 Å². The molecule has 1 fully saturated rings. The Labute approximate surface area is 166 Å². The van der Waals surface area contributed by atoms with Crippen LogP contribution in [0.25, 0.3) is 10.9 Å². The number of likely N-dealkylation sites (N-methyl/N-ethyl adjacent to an activating group) is 2. The second-order valence-corrected chi connectivity index (χ2v) is 7.47. The predicted molar refractivity (Wildman–Crippen MR) is 105 cm³/mol. The summed E-state index contributed by atoms with van der Waals surface area (Å²) >= 11 is 0. The number of aromatic amines is 1. The summed E-state index contributed by atoms with van der Waals surface area (Å²) in [5.74, 6) is -1.13. The van der Waals surface area contributed by atoms with Gasteiger partial charge in [-0.15, -0.1) is 0 Å². The van der Waals surface area contributed by atoms with Gasteiger partial charge in [0.15, 0.2) is 0 Å². The Morgan fingerprint density at radius 2 is 1.55 bits per heavy atom. The van der Waals surface area contributed by atoms with Crippen molar-refractivity contribution in [2.75, 3.05) is 14.1 Å². The second-order valence-electron chi connectivity index (χ2n) is 7.47. The van der Waals surface area contributed by atoms with Crippen LogP contribution >= 0.6 is 0 Å². The molecule has 0 unspecified atom stereocenters. The number of rotatable bonds is 4. The molecule has 0 spiro atoms. The zero-order valence-electron chi connectivity index (χ0n) is 16.2. The van der Waals surface area contributed by atoms with Crippen LogP contribution in [0, 0.1) is 11.6 Å². The predicted octanol–water partition coefficient (Wildman–Crippen LogP) is 2.90. The van der Waals surface area contributed by atoms with Crippen molar-refractivity contribution >= 4 is 22.7 Å². The molecule has 5 nitrogen and oxygen atoms in total. The second kappa shape index (κ2) is 7.31. The molecule has 0 saturated carbocycles. The summed E-state index contributed by atoms with van der Waals surface area (Å²) < 4.78 is 27.1. The number of H-pyrrole nitrogens is 1. The highest BCUT2D eigenvalue weighted by Crippen LogP contribution is 2.26. The Balaban J connectivity index is 1.58. The van der Waals surface area contributed by atoms with E-state index < -0.39 is 12.1 Å². The van der Waals surface area contributed by atoms with Gasteiger partial charge in [-0.2, -0.15) is 0 Å².